The van der Waals surface area contributed by atoms with Crippen LogP contribution >= 0.6 is 24.4 Å². The molecule has 1 fully saturated rings. The largest absolute Gasteiger partial charge is 0.358 e. The van der Waals surface area contributed by atoms with Crippen molar-refractivity contribution in [3.05, 3.63) is 71.8 Å². The predicted molar refractivity (Wildman–Crippen MR) is 120 cm³/mol. The molecule has 0 aromatic heterocycles. The van der Waals surface area contributed by atoms with Gasteiger partial charge in [-0.15, -0.1) is 0 Å². The molecule has 1 aliphatic rings. The summed E-state index contributed by atoms with van der Waals surface area (Å²) in [4.78, 5) is 4.49. The highest BCUT2D eigenvalue weighted by atomic mass is 32.1. The standard InChI is InChI=1S/C21H26N4S2/c1-17-16-24(20(26)22-14-18-8-4-2-5-9-18)12-13-25(17)21(27)23-15-19-10-6-3-7-11-19/h2-11,17H,12-16H2,1H3,(H,22,26)(H,23,27)/t17-/m0/s1. The lowest BCUT2D eigenvalue weighted by atomic mass is 10.2. The Labute approximate surface area is 172 Å². The molecule has 0 unspecified atom stereocenters. The molecule has 0 bridgehead atoms. The molecule has 2 N–H and O–H groups in total. The number of benzene rings is 2. The Balaban J connectivity index is 1.45. The summed E-state index contributed by atoms with van der Waals surface area (Å²) in [7, 11) is 0. The van der Waals surface area contributed by atoms with Gasteiger partial charge in [-0.3, -0.25) is 0 Å². The highest BCUT2D eigenvalue weighted by Crippen LogP contribution is 2.11. The van der Waals surface area contributed by atoms with Crippen LogP contribution in [-0.4, -0.2) is 45.7 Å². The van der Waals surface area contributed by atoms with Crippen LogP contribution in [0, 0.1) is 0 Å². The topological polar surface area (TPSA) is 30.5 Å². The Morgan fingerprint density at radius 3 is 1.89 bits per heavy atom. The fraction of sp³-hybridized carbons (Fsp3) is 0.333. The molecule has 1 heterocycles. The molecule has 2 aromatic rings. The molecule has 1 atom stereocenters. The summed E-state index contributed by atoms with van der Waals surface area (Å²) >= 11 is 11.2. The summed E-state index contributed by atoms with van der Waals surface area (Å²) in [6, 6.07) is 21.0. The average molecular weight is 399 g/mol. The van der Waals surface area contributed by atoms with Crippen LogP contribution in [0.25, 0.3) is 0 Å². The second-order valence-corrected chi connectivity index (χ2v) is 7.55. The maximum atomic E-state index is 5.62. The van der Waals surface area contributed by atoms with Crippen LogP contribution in [0.3, 0.4) is 0 Å². The van der Waals surface area contributed by atoms with Gasteiger partial charge in [0.05, 0.1) is 0 Å². The van der Waals surface area contributed by atoms with E-state index in [9.17, 15) is 0 Å². The van der Waals surface area contributed by atoms with Gasteiger partial charge in [0.15, 0.2) is 10.2 Å². The molecular weight excluding hydrogens is 372 g/mol. The van der Waals surface area contributed by atoms with Gasteiger partial charge >= 0.3 is 0 Å². The number of thiocarbonyl (C=S) groups is 2. The van der Waals surface area contributed by atoms with E-state index in [0.717, 1.165) is 42.9 Å². The summed E-state index contributed by atoms with van der Waals surface area (Å²) in [5.74, 6) is 0. The fourth-order valence-corrected chi connectivity index (χ4v) is 3.79. The van der Waals surface area contributed by atoms with Gasteiger partial charge < -0.3 is 20.4 Å². The summed E-state index contributed by atoms with van der Waals surface area (Å²) in [6.45, 7) is 6.32. The third kappa shape index (κ3) is 5.65. The van der Waals surface area contributed by atoms with Crippen molar-refractivity contribution in [2.45, 2.75) is 26.1 Å². The van der Waals surface area contributed by atoms with E-state index in [-0.39, 0.29) is 0 Å². The molecule has 3 rings (SSSR count). The smallest absolute Gasteiger partial charge is 0.169 e. The molecule has 0 spiro atoms. The molecule has 1 aliphatic heterocycles. The van der Waals surface area contributed by atoms with E-state index in [0.29, 0.717) is 6.04 Å². The Morgan fingerprint density at radius 1 is 0.852 bits per heavy atom. The Morgan fingerprint density at radius 2 is 1.37 bits per heavy atom. The SMILES string of the molecule is C[C@H]1CN(C(=S)NCc2ccccc2)CCN1C(=S)NCc1ccccc1. The lowest BCUT2D eigenvalue weighted by molar-refractivity contribution is 0.193. The van der Waals surface area contributed by atoms with Gasteiger partial charge in [-0.05, 0) is 42.5 Å². The third-order valence-corrected chi connectivity index (χ3v) is 5.53. The summed E-state index contributed by atoms with van der Waals surface area (Å²) in [5, 5.41) is 8.38. The number of rotatable bonds is 4. The van der Waals surface area contributed by atoms with Crippen LogP contribution in [0.4, 0.5) is 0 Å². The number of hydrogen-bond donors (Lipinski definition) is 2. The molecule has 0 amide bonds. The summed E-state index contributed by atoms with van der Waals surface area (Å²) < 4.78 is 0. The van der Waals surface area contributed by atoms with Crippen LogP contribution in [0.5, 0.6) is 0 Å². The minimum atomic E-state index is 0.311. The third-order valence-electron chi connectivity index (χ3n) is 4.75. The zero-order valence-corrected chi connectivity index (χ0v) is 17.2. The van der Waals surface area contributed by atoms with Gasteiger partial charge in [0.1, 0.15) is 0 Å². The maximum absolute atomic E-state index is 5.62. The van der Waals surface area contributed by atoms with Gasteiger partial charge in [-0.25, -0.2) is 0 Å². The van der Waals surface area contributed by atoms with E-state index in [1.165, 1.54) is 11.1 Å². The van der Waals surface area contributed by atoms with Gasteiger partial charge in [0.2, 0.25) is 0 Å². The van der Waals surface area contributed by atoms with Crippen LogP contribution in [0.2, 0.25) is 0 Å². The number of nitrogens with zero attached hydrogens (tertiary/aromatic N) is 2. The minimum Gasteiger partial charge on any atom is -0.358 e. The second-order valence-electron chi connectivity index (χ2n) is 6.78. The maximum Gasteiger partial charge on any atom is 0.169 e. The number of hydrogen-bond acceptors (Lipinski definition) is 2. The first-order valence-corrected chi connectivity index (χ1v) is 10.1. The molecular formula is C21H26N4S2. The molecule has 1 saturated heterocycles. The summed E-state index contributed by atoms with van der Waals surface area (Å²) in [5.41, 5.74) is 2.47. The van der Waals surface area contributed by atoms with E-state index in [4.69, 9.17) is 24.4 Å². The van der Waals surface area contributed by atoms with Gasteiger partial charge in [-0.1, -0.05) is 60.7 Å². The zero-order chi connectivity index (χ0) is 19.1. The average Bonchev–Trinajstić information content (AvgIpc) is 2.71. The molecule has 27 heavy (non-hydrogen) atoms. The Kier molecular flexibility index (Phi) is 7.01. The zero-order valence-electron chi connectivity index (χ0n) is 15.6. The monoisotopic (exact) mass is 398 g/mol. The van der Waals surface area contributed by atoms with Crippen molar-refractivity contribution < 1.29 is 0 Å². The fourth-order valence-electron chi connectivity index (χ4n) is 3.20. The normalized spacial score (nSPS) is 16.7. The first kappa shape index (κ1) is 19.6. The molecule has 0 saturated carbocycles. The first-order chi connectivity index (χ1) is 13.1. The van der Waals surface area contributed by atoms with Crippen LogP contribution in [0.1, 0.15) is 18.1 Å². The molecule has 6 heteroatoms. The number of nitrogens with one attached hydrogen (secondary N) is 2. The number of piperazine rings is 1. The molecule has 142 valence electrons. The lowest BCUT2D eigenvalue weighted by Crippen LogP contribution is -2.58. The van der Waals surface area contributed by atoms with Crippen molar-refractivity contribution in [1.82, 2.24) is 20.4 Å². The van der Waals surface area contributed by atoms with E-state index >= 15 is 0 Å². The van der Waals surface area contributed by atoms with Crippen LogP contribution < -0.4 is 10.6 Å². The lowest BCUT2D eigenvalue weighted by Gasteiger charge is -2.42. The quantitative estimate of drug-likeness (QED) is 0.770. The highest BCUT2D eigenvalue weighted by molar-refractivity contribution is 7.80. The Bertz CT molecular complexity index is 751. The summed E-state index contributed by atoms with van der Waals surface area (Å²) in [6.07, 6.45) is 0. The van der Waals surface area contributed by atoms with Gasteiger partial charge in [-0.2, -0.15) is 0 Å². The van der Waals surface area contributed by atoms with Crippen molar-refractivity contribution in [3.8, 4) is 0 Å². The van der Waals surface area contributed by atoms with Crippen molar-refractivity contribution in [2.75, 3.05) is 19.6 Å². The molecule has 0 radical (unpaired) electrons. The van der Waals surface area contributed by atoms with Crippen LogP contribution in [-0.2, 0) is 13.1 Å². The Hall–Kier alpha value is -2.18. The van der Waals surface area contributed by atoms with Crippen molar-refractivity contribution in [2.24, 2.45) is 0 Å². The molecule has 2 aromatic carbocycles. The highest BCUT2D eigenvalue weighted by Gasteiger charge is 2.26. The second kappa shape index (κ2) is 9.67. The molecule has 0 aliphatic carbocycles. The van der Waals surface area contributed by atoms with E-state index < -0.39 is 0 Å². The van der Waals surface area contributed by atoms with Crippen molar-refractivity contribution >= 4 is 34.7 Å². The molecule has 4 nitrogen and oxygen atoms in total. The van der Waals surface area contributed by atoms with E-state index in [1.54, 1.807) is 0 Å². The van der Waals surface area contributed by atoms with Gasteiger partial charge in [0.25, 0.3) is 0 Å². The van der Waals surface area contributed by atoms with Crippen molar-refractivity contribution in [1.29, 1.82) is 0 Å². The van der Waals surface area contributed by atoms with Gasteiger partial charge in [0, 0.05) is 38.8 Å². The first-order valence-electron chi connectivity index (χ1n) is 9.28. The predicted octanol–water partition coefficient (Wildman–Crippen LogP) is 3.14. The van der Waals surface area contributed by atoms with E-state index in [1.807, 2.05) is 36.4 Å². The van der Waals surface area contributed by atoms with Crippen molar-refractivity contribution in [3.63, 3.8) is 0 Å². The van der Waals surface area contributed by atoms with E-state index in [2.05, 4.69) is 51.6 Å². The minimum absolute atomic E-state index is 0.311. The van der Waals surface area contributed by atoms with Crippen LogP contribution in [0.15, 0.2) is 60.7 Å².